The summed E-state index contributed by atoms with van der Waals surface area (Å²) < 4.78 is 5.32. The molecule has 1 aliphatic heterocycles. The van der Waals surface area contributed by atoms with Gasteiger partial charge in [0.1, 0.15) is 0 Å². The molecule has 2 rings (SSSR count). The van der Waals surface area contributed by atoms with Crippen LogP contribution in [0.1, 0.15) is 29.3 Å². The van der Waals surface area contributed by atoms with E-state index in [9.17, 15) is 4.79 Å². The molecule has 4 N–H and O–H groups in total. The van der Waals surface area contributed by atoms with Gasteiger partial charge in [-0.05, 0) is 25.5 Å². The molecular weight excluding hydrogens is 258 g/mol. The van der Waals surface area contributed by atoms with Crippen LogP contribution in [0.15, 0.2) is 29.4 Å². The van der Waals surface area contributed by atoms with E-state index in [-0.39, 0.29) is 17.8 Å². The summed E-state index contributed by atoms with van der Waals surface area (Å²) in [6.07, 6.45) is 0.976. The SMILES string of the molecule is CC(NC(=O)c1ccc(/C(N)=N/O)cc1)C1CCOC1. The van der Waals surface area contributed by atoms with E-state index in [0.717, 1.165) is 13.0 Å². The normalized spacial score (nSPS) is 20.6. The number of rotatable bonds is 4. The van der Waals surface area contributed by atoms with Crippen LogP contribution < -0.4 is 11.1 Å². The van der Waals surface area contributed by atoms with E-state index in [4.69, 9.17) is 15.7 Å². The smallest absolute Gasteiger partial charge is 0.251 e. The van der Waals surface area contributed by atoms with Crippen molar-refractivity contribution in [2.45, 2.75) is 19.4 Å². The van der Waals surface area contributed by atoms with Gasteiger partial charge in [0.2, 0.25) is 0 Å². The van der Waals surface area contributed by atoms with E-state index in [1.807, 2.05) is 6.92 Å². The molecule has 6 heteroatoms. The zero-order valence-electron chi connectivity index (χ0n) is 11.4. The maximum Gasteiger partial charge on any atom is 0.251 e. The first-order chi connectivity index (χ1) is 9.61. The Bertz CT molecular complexity index is 493. The Labute approximate surface area is 117 Å². The highest BCUT2D eigenvalue weighted by Crippen LogP contribution is 2.16. The number of nitrogens with one attached hydrogen (secondary N) is 1. The van der Waals surface area contributed by atoms with Crippen molar-refractivity contribution < 1.29 is 14.7 Å². The highest BCUT2D eigenvalue weighted by Gasteiger charge is 2.23. The second kappa shape index (κ2) is 6.38. The molecular formula is C14H19N3O3. The molecule has 0 spiro atoms. The van der Waals surface area contributed by atoms with Gasteiger partial charge in [-0.3, -0.25) is 4.79 Å². The first-order valence-corrected chi connectivity index (χ1v) is 6.58. The average Bonchev–Trinajstić information content (AvgIpc) is 3.01. The van der Waals surface area contributed by atoms with Gasteiger partial charge >= 0.3 is 0 Å². The van der Waals surface area contributed by atoms with Crippen molar-refractivity contribution in [1.29, 1.82) is 0 Å². The summed E-state index contributed by atoms with van der Waals surface area (Å²) in [6, 6.07) is 6.68. The van der Waals surface area contributed by atoms with Crippen molar-refractivity contribution in [2.24, 2.45) is 16.8 Å². The Balaban J connectivity index is 1.98. The van der Waals surface area contributed by atoms with Crippen molar-refractivity contribution in [3.8, 4) is 0 Å². The molecule has 0 aliphatic carbocycles. The Morgan fingerprint density at radius 3 is 2.65 bits per heavy atom. The lowest BCUT2D eigenvalue weighted by atomic mass is 10.0. The third-order valence-corrected chi connectivity index (χ3v) is 3.58. The molecule has 0 bridgehead atoms. The van der Waals surface area contributed by atoms with Crippen LogP contribution in [0.5, 0.6) is 0 Å². The number of carbonyl (C=O) groups excluding carboxylic acids is 1. The number of amidine groups is 1. The predicted molar refractivity (Wildman–Crippen MR) is 74.8 cm³/mol. The monoisotopic (exact) mass is 277 g/mol. The van der Waals surface area contributed by atoms with Gasteiger partial charge < -0.3 is 21.0 Å². The molecule has 108 valence electrons. The van der Waals surface area contributed by atoms with Gasteiger partial charge in [0.25, 0.3) is 5.91 Å². The molecule has 1 amide bonds. The van der Waals surface area contributed by atoms with Crippen LogP contribution in [0.4, 0.5) is 0 Å². The number of oxime groups is 1. The van der Waals surface area contributed by atoms with E-state index in [0.29, 0.717) is 23.7 Å². The fourth-order valence-corrected chi connectivity index (χ4v) is 2.21. The first kappa shape index (κ1) is 14.3. The molecule has 2 atom stereocenters. The first-order valence-electron chi connectivity index (χ1n) is 6.58. The third kappa shape index (κ3) is 3.27. The highest BCUT2D eigenvalue weighted by molar-refractivity contribution is 5.99. The van der Waals surface area contributed by atoms with Gasteiger partial charge in [-0.1, -0.05) is 17.3 Å². The molecule has 1 fully saturated rings. The minimum Gasteiger partial charge on any atom is -0.409 e. The number of amides is 1. The minimum atomic E-state index is -0.129. The van der Waals surface area contributed by atoms with Crippen LogP contribution in [0.25, 0.3) is 0 Å². The second-order valence-electron chi connectivity index (χ2n) is 4.95. The molecule has 1 heterocycles. The number of nitrogens with two attached hydrogens (primary N) is 1. The molecule has 1 aromatic carbocycles. The van der Waals surface area contributed by atoms with Gasteiger partial charge in [0.15, 0.2) is 5.84 Å². The fraction of sp³-hybridized carbons (Fsp3) is 0.429. The lowest BCUT2D eigenvalue weighted by Gasteiger charge is -2.19. The average molecular weight is 277 g/mol. The molecule has 0 radical (unpaired) electrons. The third-order valence-electron chi connectivity index (χ3n) is 3.58. The molecule has 0 aromatic heterocycles. The summed E-state index contributed by atoms with van der Waals surface area (Å²) in [5.41, 5.74) is 6.59. The van der Waals surface area contributed by atoms with Crippen LogP contribution >= 0.6 is 0 Å². The molecule has 6 nitrogen and oxygen atoms in total. The lowest BCUT2D eigenvalue weighted by Crippen LogP contribution is -2.38. The topological polar surface area (TPSA) is 96.9 Å². The molecule has 1 aromatic rings. The van der Waals surface area contributed by atoms with E-state index in [1.165, 1.54) is 0 Å². The predicted octanol–water partition coefficient (Wildman–Crippen LogP) is 0.936. The van der Waals surface area contributed by atoms with Gasteiger partial charge in [-0.25, -0.2) is 0 Å². The van der Waals surface area contributed by atoms with Crippen molar-refractivity contribution in [3.63, 3.8) is 0 Å². The summed E-state index contributed by atoms with van der Waals surface area (Å²) in [6.45, 7) is 3.45. The largest absolute Gasteiger partial charge is 0.409 e. The van der Waals surface area contributed by atoms with E-state index in [2.05, 4.69) is 10.5 Å². The summed E-state index contributed by atoms with van der Waals surface area (Å²) in [5.74, 6) is 0.263. The number of ether oxygens (including phenoxy) is 1. The van der Waals surface area contributed by atoms with Gasteiger partial charge in [-0.15, -0.1) is 0 Å². The molecule has 1 aliphatic rings. The standard InChI is InChI=1S/C14H19N3O3/c1-9(12-6-7-20-8-12)16-14(18)11-4-2-10(3-5-11)13(15)17-19/h2-5,9,12,19H,6-8H2,1H3,(H2,15,17)(H,16,18). The van der Waals surface area contributed by atoms with Gasteiger partial charge in [0, 0.05) is 29.7 Å². The number of hydrogen-bond donors (Lipinski definition) is 3. The number of nitrogens with zero attached hydrogens (tertiary/aromatic N) is 1. The summed E-state index contributed by atoms with van der Waals surface area (Å²) in [5, 5.41) is 14.5. The molecule has 0 saturated carbocycles. The quantitative estimate of drug-likeness (QED) is 0.330. The van der Waals surface area contributed by atoms with Crippen molar-refractivity contribution in [2.75, 3.05) is 13.2 Å². The summed E-state index contributed by atoms with van der Waals surface area (Å²) in [7, 11) is 0. The maximum atomic E-state index is 12.1. The van der Waals surface area contributed by atoms with E-state index >= 15 is 0 Å². The minimum absolute atomic E-state index is 0.0217. The van der Waals surface area contributed by atoms with Crippen LogP contribution in [0.2, 0.25) is 0 Å². The zero-order valence-corrected chi connectivity index (χ0v) is 11.4. The fourth-order valence-electron chi connectivity index (χ4n) is 2.21. The molecule has 20 heavy (non-hydrogen) atoms. The van der Waals surface area contributed by atoms with Gasteiger partial charge in [-0.2, -0.15) is 0 Å². The number of benzene rings is 1. The van der Waals surface area contributed by atoms with Crippen LogP contribution in [0.3, 0.4) is 0 Å². The summed E-state index contributed by atoms with van der Waals surface area (Å²) in [4.78, 5) is 12.1. The number of hydrogen-bond acceptors (Lipinski definition) is 4. The van der Waals surface area contributed by atoms with E-state index < -0.39 is 0 Å². The highest BCUT2D eigenvalue weighted by atomic mass is 16.5. The van der Waals surface area contributed by atoms with Crippen molar-refractivity contribution in [1.82, 2.24) is 5.32 Å². The number of carbonyl (C=O) groups is 1. The van der Waals surface area contributed by atoms with Gasteiger partial charge in [0.05, 0.1) is 6.61 Å². The Kier molecular flexibility index (Phi) is 4.57. The lowest BCUT2D eigenvalue weighted by molar-refractivity contribution is 0.0922. The molecule has 2 unspecified atom stereocenters. The van der Waals surface area contributed by atoms with Crippen LogP contribution in [0, 0.1) is 5.92 Å². The van der Waals surface area contributed by atoms with Crippen LogP contribution in [-0.2, 0) is 4.74 Å². The van der Waals surface area contributed by atoms with Crippen molar-refractivity contribution in [3.05, 3.63) is 35.4 Å². The Morgan fingerprint density at radius 1 is 1.45 bits per heavy atom. The van der Waals surface area contributed by atoms with Crippen molar-refractivity contribution >= 4 is 11.7 Å². The zero-order chi connectivity index (χ0) is 14.5. The molecule has 1 saturated heterocycles. The summed E-state index contributed by atoms with van der Waals surface area (Å²) >= 11 is 0. The second-order valence-corrected chi connectivity index (χ2v) is 4.95. The van der Waals surface area contributed by atoms with Crippen LogP contribution in [-0.4, -0.2) is 36.2 Å². The Morgan fingerprint density at radius 2 is 2.10 bits per heavy atom. The van der Waals surface area contributed by atoms with E-state index in [1.54, 1.807) is 24.3 Å². The Hall–Kier alpha value is -2.08. The maximum absolute atomic E-state index is 12.1.